The molecule has 3 heterocycles. The Bertz CT molecular complexity index is 811. The summed E-state index contributed by atoms with van der Waals surface area (Å²) in [6, 6.07) is 0. The summed E-state index contributed by atoms with van der Waals surface area (Å²) in [7, 11) is -2.00. The Balaban J connectivity index is 1.84. The highest BCUT2D eigenvalue weighted by molar-refractivity contribution is 6.74. The molecule has 8 nitrogen and oxygen atoms in total. The van der Waals surface area contributed by atoms with Gasteiger partial charge in [0.1, 0.15) is 18.3 Å². The van der Waals surface area contributed by atoms with E-state index in [0.29, 0.717) is 18.6 Å². The van der Waals surface area contributed by atoms with E-state index in [1.54, 1.807) is 6.92 Å². The van der Waals surface area contributed by atoms with Gasteiger partial charge in [0.25, 0.3) is 5.56 Å². The van der Waals surface area contributed by atoms with Gasteiger partial charge in [0, 0.05) is 18.2 Å². The van der Waals surface area contributed by atoms with Crippen molar-refractivity contribution in [1.29, 1.82) is 0 Å². The first-order chi connectivity index (χ1) is 12.4. The van der Waals surface area contributed by atoms with Crippen LogP contribution in [0.1, 0.15) is 39.0 Å². The molecule has 3 rings (SSSR count). The van der Waals surface area contributed by atoms with Gasteiger partial charge in [0.15, 0.2) is 14.5 Å². The quantitative estimate of drug-likeness (QED) is 0.741. The van der Waals surface area contributed by atoms with Crippen LogP contribution in [0.25, 0.3) is 0 Å². The van der Waals surface area contributed by atoms with E-state index in [1.807, 2.05) is 0 Å². The molecular formula is C18H30N2O6Si. The third-order valence-electron chi connectivity index (χ3n) is 6.02. The Morgan fingerprint density at radius 3 is 2.63 bits per heavy atom. The second kappa shape index (κ2) is 6.96. The summed E-state index contributed by atoms with van der Waals surface area (Å²) in [4.78, 5) is 26.2. The number of aliphatic hydroxyl groups excluding tert-OH is 1. The second-order valence-corrected chi connectivity index (χ2v) is 13.9. The maximum Gasteiger partial charge on any atom is 0.330 e. The van der Waals surface area contributed by atoms with Gasteiger partial charge >= 0.3 is 5.69 Å². The van der Waals surface area contributed by atoms with Crippen molar-refractivity contribution in [3.8, 4) is 0 Å². The SMILES string of the molecule is Cc1cn(C2O[C@@H](CO[Si](C)(C)C(C)(C)C)[C@H]3O[C@H]2CC3O)c(=O)[nH]c1=O. The van der Waals surface area contributed by atoms with Crippen LogP contribution in [0, 0.1) is 6.92 Å². The van der Waals surface area contributed by atoms with Gasteiger partial charge in [-0.1, -0.05) is 20.8 Å². The number of aromatic amines is 1. The predicted molar refractivity (Wildman–Crippen MR) is 102 cm³/mol. The van der Waals surface area contributed by atoms with Gasteiger partial charge in [-0.05, 0) is 25.1 Å². The first kappa shape index (κ1) is 20.5. The number of fused-ring (bicyclic) bond motifs is 2. The first-order valence-electron chi connectivity index (χ1n) is 9.36. The zero-order valence-corrected chi connectivity index (χ0v) is 17.8. The van der Waals surface area contributed by atoms with E-state index in [-0.39, 0.29) is 5.04 Å². The average molecular weight is 399 g/mol. The van der Waals surface area contributed by atoms with Crippen molar-refractivity contribution < 1.29 is 19.0 Å². The summed E-state index contributed by atoms with van der Waals surface area (Å²) in [6.07, 6.45) is -0.950. The minimum atomic E-state index is -2.00. The number of aromatic nitrogens is 2. The fraction of sp³-hybridized carbons (Fsp3) is 0.778. The highest BCUT2D eigenvalue weighted by Crippen LogP contribution is 2.40. The molecule has 0 spiro atoms. The Hall–Kier alpha value is -1.26. The molecule has 152 valence electrons. The summed E-state index contributed by atoms with van der Waals surface area (Å²) < 4.78 is 19.8. The number of hydrogen-bond donors (Lipinski definition) is 2. The highest BCUT2D eigenvalue weighted by Gasteiger charge is 2.51. The van der Waals surface area contributed by atoms with Gasteiger partial charge in [0.2, 0.25) is 0 Å². The zero-order chi connectivity index (χ0) is 20.1. The molecule has 0 amide bonds. The summed E-state index contributed by atoms with van der Waals surface area (Å²) in [5.74, 6) is 0. The van der Waals surface area contributed by atoms with E-state index in [4.69, 9.17) is 13.9 Å². The normalized spacial score (nSPS) is 31.3. The standard InChI is InChI=1S/C18H30N2O6Si/c1-10-8-20(17(23)19-15(10)22)16-12-7-11(21)14(25-12)13(26-16)9-24-27(5,6)18(2,3)4/h8,11-14,16,21H,7,9H2,1-6H3,(H,19,22,23)/t11?,12-,13-,14-,16?/m0/s1. The molecule has 27 heavy (non-hydrogen) atoms. The molecule has 5 atom stereocenters. The van der Waals surface area contributed by atoms with Gasteiger partial charge < -0.3 is 19.0 Å². The van der Waals surface area contributed by atoms with E-state index in [2.05, 4.69) is 38.8 Å². The summed E-state index contributed by atoms with van der Waals surface area (Å²) in [6.45, 7) is 12.7. The second-order valence-electron chi connectivity index (χ2n) is 9.06. The molecule has 2 aliphatic heterocycles. The molecule has 9 heteroatoms. The molecule has 2 N–H and O–H groups in total. The van der Waals surface area contributed by atoms with Gasteiger partial charge in [-0.3, -0.25) is 14.3 Å². The van der Waals surface area contributed by atoms with E-state index < -0.39 is 50.2 Å². The van der Waals surface area contributed by atoms with Crippen LogP contribution in [0.3, 0.4) is 0 Å². The lowest BCUT2D eigenvalue weighted by Gasteiger charge is -2.41. The fourth-order valence-electron chi connectivity index (χ4n) is 3.24. The Labute approximate surface area is 159 Å². The third kappa shape index (κ3) is 3.84. The lowest BCUT2D eigenvalue weighted by Crippen LogP contribution is -2.51. The number of nitrogens with zero attached hydrogens (tertiary/aromatic N) is 1. The third-order valence-corrected chi connectivity index (χ3v) is 10.5. The molecule has 1 aromatic rings. The number of hydrogen-bond acceptors (Lipinski definition) is 6. The number of ether oxygens (including phenoxy) is 2. The molecule has 0 aromatic carbocycles. The molecule has 0 saturated carbocycles. The van der Waals surface area contributed by atoms with Crippen molar-refractivity contribution in [2.45, 2.75) is 82.9 Å². The summed E-state index contributed by atoms with van der Waals surface area (Å²) >= 11 is 0. The topological polar surface area (TPSA) is 103 Å². The van der Waals surface area contributed by atoms with Crippen LogP contribution in [0.4, 0.5) is 0 Å². The van der Waals surface area contributed by atoms with Crippen LogP contribution in [0.15, 0.2) is 15.8 Å². The maximum atomic E-state index is 12.3. The van der Waals surface area contributed by atoms with Crippen molar-refractivity contribution in [3.05, 3.63) is 32.6 Å². The van der Waals surface area contributed by atoms with Crippen molar-refractivity contribution >= 4 is 8.32 Å². The highest BCUT2D eigenvalue weighted by atomic mass is 28.4. The maximum absolute atomic E-state index is 12.3. The lowest BCUT2D eigenvalue weighted by atomic mass is 10.1. The molecular weight excluding hydrogens is 368 g/mol. The molecule has 1 aromatic heterocycles. The Kier molecular flexibility index (Phi) is 5.28. The van der Waals surface area contributed by atoms with E-state index in [9.17, 15) is 14.7 Å². The zero-order valence-electron chi connectivity index (χ0n) is 16.8. The average Bonchev–Trinajstić information content (AvgIpc) is 2.87. The van der Waals surface area contributed by atoms with Gasteiger partial charge in [-0.2, -0.15) is 0 Å². The summed E-state index contributed by atoms with van der Waals surface area (Å²) in [5, 5.41) is 10.4. The molecule has 2 bridgehead atoms. The van der Waals surface area contributed by atoms with Crippen LogP contribution in [-0.2, 0) is 13.9 Å². The van der Waals surface area contributed by atoms with Crippen LogP contribution in [-0.4, -0.2) is 54.0 Å². The minimum absolute atomic E-state index is 0.0473. The van der Waals surface area contributed by atoms with E-state index >= 15 is 0 Å². The van der Waals surface area contributed by atoms with Gasteiger partial charge in [-0.25, -0.2) is 4.79 Å². The van der Waals surface area contributed by atoms with Crippen molar-refractivity contribution in [1.82, 2.24) is 9.55 Å². The first-order valence-corrected chi connectivity index (χ1v) is 12.3. The van der Waals surface area contributed by atoms with Crippen LogP contribution in [0.5, 0.6) is 0 Å². The number of rotatable bonds is 4. The van der Waals surface area contributed by atoms with E-state index in [0.717, 1.165) is 0 Å². The largest absolute Gasteiger partial charge is 0.414 e. The fourth-order valence-corrected chi connectivity index (χ4v) is 4.26. The smallest absolute Gasteiger partial charge is 0.330 e. The van der Waals surface area contributed by atoms with Gasteiger partial charge in [-0.15, -0.1) is 0 Å². The lowest BCUT2D eigenvalue weighted by molar-refractivity contribution is -0.231. The van der Waals surface area contributed by atoms with E-state index in [1.165, 1.54) is 10.8 Å². The van der Waals surface area contributed by atoms with Crippen LogP contribution < -0.4 is 11.2 Å². The predicted octanol–water partition coefficient (Wildman–Crippen LogP) is 1.28. The number of H-pyrrole nitrogens is 1. The summed E-state index contributed by atoms with van der Waals surface area (Å²) in [5.41, 5.74) is -0.564. The molecule has 2 fully saturated rings. The number of aryl methyl sites for hydroxylation is 1. The molecule has 2 aliphatic rings. The Morgan fingerprint density at radius 2 is 2.00 bits per heavy atom. The number of nitrogens with one attached hydrogen (secondary N) is 1. The van der Waals surface area contributed by atoms with Crippen LogP contribution in [0.2, 0.25) is 18.1 Å². The number of aliphatic hydroxyl groups is 1. The van der Waals surface area contributed by atoms with Crippen molar-refractivity contribution in [2.75, 3.05) is 6.61 Å². The molecule has 2 unspecified atom stereocenters. The van der Waals surface area contributed by atoms with Crippen LogP contribution >= 0.6 is 0 Å². The molecule has 2 saturated heterocycles. The Morgan fingerprint density at radius 1 is 1.33 bits per heavy atom. The molecule has 0 aliphatic carbocycles. The van der Waals surface area contributed by atoms with Gasteiger partial charge in [0.05, 0.1) is 12.7 Å². The van der Waals surface area contributed by atoms with Crippen molar-refractivity contribution in [3.63, 3.8) is 0 Å². The monoisotopic (exact) mass is 398 g/mol. The van der Waals surface area contributed by atoms with Crippen molar-refractivity contribution in [2.24, 2.45) is 0 Å². The minimum Gasteiger partial charge on any atom is -0.414 e. The molecule has 0 radical (unpaired) electrons.